The van der Waals surface area contributed by atoms with Crippen molar-refractivity contribution < 1.29 is 13.2 Å². The number of nitrogens with one attached hydrogen (secondary N) is 2. The van der Waals surface area contributed by atoms with Crippen LogP contribution in [0.2, 0.25) is 0 Å². The third kappa shape index (κ3) is 4.26. The van der Waals surface area contributed by atoms with E-state index in [1.807, 2.05) is 13.0 Å². The van der Waals surface area contributed by atoms with Crippen LogP contribution < -0.4 is 10.0 Å². The first-order chi connectivity index (χ1) is 11.8. The molecule has 1 heterocycles. The van der Waals surface area contributed by atoms with E-state index in [9.17, 15) is 13.2 Å². The van der Waals surface area contributed by atoms with E-state index in [4.69, 9.17) is 0 Å². The first-order valence-electron chi connectivity index (χ1n) is 8.16. The molecule has 0 spiro atoms. The minimum Gasteiger partial charge on any atom is -0.350 e. The van der Waals surface area contributed by atoms with Gasteiger partial charge in [-0.2, -0.15) is 0 Å². The van der Waals surface area contributed by atoms with E-state index in [1.165, 1.54) is 6.92 Å². The minimum atomic E-state index is -3.58. The Morgan fingerprint density at radius 3 is 2.88 bits per heavy atom. The molecule has 0 saturated heterocycles. The first-order valence-corrected chi connectivity index (χ1v) is 10.5. The van der Waals surface area contributed by atoms with Crippen molar-refractivity contribution in [1.82, 2.24) is 15.0 Å². The molecule has 0 fully saturated rings. The Labute approximate surface area is 151 Å². The molecule has 1 amide bonds. The van der Waals surface area contributed by atoms with Crippen molar-refractivity contribution in [1.29, 1.82) is 0 Å². The molecular weight excluding hydrogens is 358 g/mol. The van der Waals surface area contributed by atoms with Gasteiger partial charge in [0.1, 0.15) is 0 Å². The van der Waals surface area contributed by atoms with Crippen molar-refractivity contribution in [3.8, 4) is 0 Å². The van der Waals surface area contributed by atoms with Gasteiger partial charge in [0.05, 0.1) is 15.9 Å². The molecule has 25 heavy (non-hydrogen) atoms. The van der Waals surface area contributed by atoms with Gasteiger partial charge >= 0.3 is 0 Å². The summed E-state index contributed by atoms with van der Waals surface area (Å²) in [5.41, 5.74) is 1.99. The molecule has 0 unspecified atom stereocenters. The highest BCUT2D eigenvalue weighted by Crippen LogP contribution is 2.32. The summed E-state index contributed by atoms with van der Waals surface area (Å²) in [6.07, 6.45) is 4.00. The molecule has 6 nitrogen and oxygen atoms in total. The normalized spacial score (nSPS) is 16.6. The van der Waals surface area contributed by atoms with E-state index in [1.54, 1.807) is 29.7 Å². The second-order valence-electron chi connectivity index (χ2n) is 6.16. The lowest BCUT2D eigenvalue weighted by atomic mass is 10.1. The number of aromatic nitrogens is 1. The highest BCUT2D eigenvalue weighted by Gasteiger charge is 2.25. The monoisotopic (exact) mass is 379 g/mol. The van der Waals surface area contributed by atoms with Crippen LogP contribution in [0.1, 0.15) is 40.4 Å². The molecule has 1 aromatic heterocycles. The van der Waals surface area contributed by atoms with Gasteiger partial charge in [0.15, 0.2) is 0 Å². The molecule has 3 rings (SSSR count). The van der Waals surface area contributed by atoms with Gasteiger partial charge in [0, 0.05) is 31.0 Å². The lowest BCUT2D eigenvalue weighted by Gasteiger charge is -2.14. The maximum atomic E-state index is 12.5. The molecule has 0 aliphatic heterocycles. The highest BCUT2D eigenvalue weighted by atomic mass is 32.2. The number of carbonyl (C=O) groups excluding carboxylic acids is 1. The zero-order valence-corrected chi connectivity index (χ0v) is 15.8. The predicted molar refractivity (Wildman–Crippen MR) is 97.1 cm³/mol. The van der Waals surface area contributed by atoms with Crippen molar-refractivity contribution in [2.45, 2.75) is 44.0 Å². The van der Waals surface area contributed by atoms with Gasteiger partial charge < -0.3 is 5.32 Å². The van der Waals surface area contributed by atoms with Crippen LogP contribution in [0.5, 0.6) is 0 Å². The summed E-state index contributed by atoms with van der Waals surface area (Å²) in [6.45, 7) is 3.75. The number of thiazole rings is 1. The Kier molecular flexibility index (Phi) is 5.21. The first kappa shape index (κ1) is 18.0. The Balaban J connectivity index is 1.71. The molecule has 134 valence electrons. The molecule has 1 aliphatic rings. The number of carbonyl (C=O) groups is 1. The van der Waals surface area contributed by atoms with Gasteiger partial charge in [0.25, 0.3) is 0 Å². The SMILES string of the molecule is CC(=O)N[C@@H]1CCc2ccc(S(=O)(=O)NCCc3ncc(C)s3)cc21. The van der Waals surface area contributed by atoms with Crippen LogP contribution in [-0.4, -0.2) is 25.9 Å². The maximum Gasteiger partial charge on any atom is 0.240 e. The van der Waals surface area contributed by atoms with Crippen molar-refractivity contribution >= 4 is 27.3 Å². The Bertz CT molecular complexity index is 890. The zero-order chi connectivity index (χ0) is 18.0. The Morgan fingerprint density at radius 1 is 1.40 bits per heavy atom. The van der Waals surface area contributed by atoms with Crippen LogP contribution in [-0.2, 0) is 27.7 Å². The number of aryl methyl sites for hydroxylation is 2. The summed E-state index contributed by atoms with van der Waals surface area (Å²) in [5.74, 6) is -0.108. The zero-order valence-electron chi connectivity index (χ0n) is 14.2. The van der Waals surface area contributed by atoms with Crippen LogP contribution in [0.15, 0.2) is 29.3 Å². The third-order valence-electron chi connectivity index (χ3n) is 4.18. The van der Waals surface area contributed by atoms with E-state index in [0.717, 1.165) is 33.9 Å². The quantitative estimate of drug-likeness (QED) is 0.804. The Morgan fingerprint density at radius 2 is 2.20 bits per heavy atom. The second kappa shape index (κ2) is 7.23. The molecule has 0 radical (unpaired) electrons. The summed E-state index contributed by atoms with van der Waals surface area (Å²) in [6, 6.07) is 5.04. The number of amides is 1. The molecule has 0 saturated carbocycles. The summed E-state index contributed by atoms with van der Waals surface area (Å²) in [7, 11) is -3.58. The lowest BCUT2D eigenvalue weighted by Crippen LogP contribution is -2.27. The minimum absolute atomic E-state index is 0.108. The molecule has 2 aromatic rings. The summed E-state index contributed by atoms with van der Waals surface area (Å²) >= 11 is 1.57. The standard InChI is InChI=1S/C17H21N3O3S2/c1-11-10-18-17(24-11)7-8-19-25(22,23)14-5-3-13-4-6-16(15(13)9-14)20-12(2)21/h3,5,9-10,16,19H,4,6-8H2,1-2H3,(H,20,21)/t16-/m1/s1. The molecule has 1 aromatic carbocycles. The van der Waals surface area contributed by atoms with E-state index in [2.05, 4.69) is 15.0 Å². The van der Waals surface area contributed by atoms with Crippen LogP contribution >= 0.6 is 11.3 Å². The van der Waals surface area contributed by atoms with Gasteiger partial charge in [-0.15, -0.1) is 11.3 Å². The van der Waals surface area contributed by atoms with Gasteiger partial charge in [-0.25, -0.2) is 18.1 Å². The largest absolute Gasteiger partial charge is 0.350 e. The fourth-order valence-corrected chi connectivity index (χ4v) is 4.89. The number of benzene rings is 1. The van der Waals surface area contributed by atoms with Gasteiger partial charge in [0.2, 0.25) is 15.9 Å². The van der Waals surface area contributed by atoms with Crippen LogP contribution in [0, 0.1) is 6.92 Å². The number of rotatable bonds is 6. The average molecular weight is 380 g/mol. The Hall–Kier alpha value is -1.77. The fourth-order valence-electron chi connectivity index (χ4n) is 3.04. The van der Waals surface area contributed by atoms with E-state index in [0.29, 0.717) is 13.0 Å². The predicted octanol–water partition coefficient (Wildman–Crippen LogP) is 2.10. The smallest absolute Gasteiger partial charge is 0.240 e. The van der Waals surface area contributed by atoms with E-state index < -0.39 is 10.0 Å². The number of hydrogen-bond acceptors (Lipinski definition) is 5. The van der Waals surface area contributed by atoms with Crippen molar-refractivity contribution in [3.63, 3.8) is 0 Å². The number of fused-ring (bicyclic) bond motifs is 1. The molecule has 2 N–H and O–H groups in total. The van der Waals surface area contributed by atoms with Crippen LogP contribution in [0.25, 0.3) is 0 Å². The summed E-state index contributed by atoms with van der Waals surface area (Å²) < 4.78 is 27.7. The van der Waals surface area contributed by atoms with Gasteiger partial charge in [-0.3, -0.25) is 4.79 Å². The molecule has 8 heteroatoms. The van der Waals surface area contributed by atoms with Crippen LogP contribution in [0.4, 0.5) is 0 Å². The third-order valence-corrected chi connectivity index (χ3v) is 6.61. The van der Waals surface area contributed by atoms with Crippen molar-refractivity contribution in [2.24, 2.45) is 0 Å². The van der Waals surface area contributed by atoms with E-state index >= 15 is 0 Å². The molecule has 0 bridgehead atoms. The molecular formula is C17H21N3O3S2. The summed E-state index contributed by atoms with van der Waals surface area (Å²) in [5, 5.41) is 3.80. The topological polar surface area (TPSA) is 88.2 Å². The summed E-state index contributed by atoms with van der Waals surface area (Å²) in [4.78, 5) is 16.9. The molecule has 1 atom stereocenters. The average Bonchev–Trinajstić information content (AvgIpc) is 3.13. The van der Waals surface area contributed by atoms with E-state index in [-0.39, 0.29) is 16.8 Å². The fraction of sp³-hybridized carbons (Fsp3) is 0.412. The number of sulfonamides is 1. The number of nitrogens with zero attached hydrogens (tertiary/aromatic N) is 1. The highest BCUT2D eigenvalue weighted by molar-refractivity contribution is 7.89. The maximum absolute atomic E-state index is 12.5. The number of hydrogen-bond donors (Lipinski definition) is 2. The second-order valence-corrected chi connectivity index (χ2v) is 9.25. The van der Waals surface area contributed by atoms with Gasteiger partial charge in [-0.1, -0.05) is 6.07 Å². The van der Waals surface area contributed by atoms with Crippen LogP contribution in [0.3, 0.4) is 0 Å². The molecule has 1 aliphatic carbocycles. The lowest BCUT2D eigenvalue weighted by molar-refractivity contribution is -0.119. The van der Waals surface area contributed by atoms with Crippen molar-refractivity contribution in [2.75, 3.05) is 6.54 Å². The van der Waals surface area contributed by atoms with Crippen molar-refractivity contribution in [3.05, 3.63) is 45.4 Å². The van der Waals surface area contributed by atoms with Gasteiger partial charge in [-0.05, 0) is 43.0 Å².